The number of nitrogens with zero attached hydrogens (tertiary/aromatic N) is 1. The van der Waals surface area contributed by atoms with Crippen LogP contribution >= 0.6 is 0 Å². The fourth-order valence-electron chi connectivity index (χ4n) is 3.65. The first kappa shape index (κ1) is 14.3. The van der Waals surface area contributed by atoms with Gasteiger partial charge in [-0.05, 0) is 44.9 Å². The molecule has 2 fully saturated rings. The van der Waals surface area contributed by atoms with Gasteiger partial charge in [0.05, 0.1) is 12.2 Å². The van der Waals surface area contributed by atoms with E-state index in [0.29, 0.717) is 12.2 Å². The highest BCUT2D eigenvalue weighted by molar-refractivity contribution is 4.81. The summed E-state index contributed by atoms with van der Waals surface area (Å²) in [6.45, 7) is 10.4. The van der Waals surface area contributed by atoms with Gasteiger partial charge in [0.1, 0.15) is 0 Å². The second kappa shape index (κ2) is 6.91. The van der Waals surface area contributed by atoms with Crippen LogP contribution in [0.3, 0.4) is 0 Å². The van der Waals surface area contributed by atoms with Crippen molar-refractivity contribution in [3.05, 3.63) is 0 Å². The first-order chi connectivity index (χ1) is 8.67. The van der Waals surface area contributed by atoms with Crippen LogP contribution in [0.2, 0.25) is 0 Å². The molecule has 0 aromatic heterocycles. The van der Waals surface area contributed by atoms with Crippen LogP contribution in [0, 0.1) is 11.8 Å². The van der Waals surface area contributed by atoms with Crippen LogP contribution in [0.5, 0.6) is 0 Å². The third-order valence-corrected chi connectivity index (χ3v) is 4.75. The maximum Gasteiger partial charge on any atom is 0.0717 e. The summed E-state index contributed by atoms with van der Waals surface area (Å²) in [5.74, 6) is 1.99. The van der Waals surface area contributed by atoms with Crippen LogP contribution in [0.4, 0.5) is 0 Å². The Morgan fingerprint density at radius 1 is 1.06 bits per heavy atom. The standard InChI is InChI=1S/C16H31NO/c1-4-14-5-7-15(8-6-14)11-17-10-9-16(12-17)18-13(2)3/h13-16H,4-12H2,1-3H3/t14?,15?,16-/m0/s1. The van der Waals surface area contributed by atoms with E-state index in [4.69, 9.17) is 4.74 Å². The molecule has 0 spiro atoms. The van der Waals surface area contributed by atoms with E-state index < -0.39 is 0 Å². The monoisotopic (exact) mass is 253 g/mol. The maximum absolute atomic E-state index is 5.92. The fraction of sp³-hybridized carbons (Fsp3) is 1.00. The zero-order valence-corrected chi connectivity index (χ0v) is 12.5. The van der Waals surface area contributed by atoms with Crippen LogP contribution in [0.15, 0.2) is 0 Å². The van der Waals surface area contributed by atoms with Crippen molar-refractivity contribution < 1.29 is 4.74 Å². The molecule has 2 heteroatoms. The minimum Gasteiger partial charge on any atom is -0.374 e. The van der Waals surface area contributed by atoms with Crippen LogP contribution in [0.1, 0.15) is 59.3 Å². The smallest absolute Gasteiger partial charge is 0.0717 e. The summed E-state index contributed by atoms with van der Waals surface area (Å²) >= 11 is 0. The summed E-state index contributed by atoms with van der Waals surface area (Å²) in [5, 5.41) is 0. The Balaban J connectivity index is 1.66. The summed E-state index contributed by atoms with van der Waals surface area (Å²) in [4.78, 5) is 2.64. The highest BCUT2D eigenvalue weighted by Crippen LogP contribution is 2.31. The first-order valence-corrected chi connectivity index (χ1v) is 8.05. The summed E-state index contributed by atoms with van der Waals surface area (Å²) in [7, 11) is 0. The molecule has 1 aliphatic carbocycles. The second-order valence-electron chi connectivity index (χ2n) is 6.65. The van der Waals surface area contributed by atoms with Crippen molar-refractivity contribution in [1.29, 1.82) is 0 Å². The van der Waals surface area contributed by atoms with Crippen molar-refractivity contribution in [3.63, 3.8) is 0 Å². The molecular formula is C16H31NO. The lowest BCUT2D eigenvalue weighted by molar-refractivity contribution is 0.0129. The van der Waals surface area contributed by atoms with E-state index in [2.05, 4.69) is 25.7 Å². The molecule has 1 saturated carbocycles. The Morgan fingerprint density at radius 3 is 2.33 bits per heavy atom. The lowest BCUT2D eigenvalue weighted by Crippen LogP contribution is -2.31. The van der Waals surface area contributed by atoms with Crippen molar-refractivity contribution in [1.82, 2.24) is 4.90 Å². The molecular weight excluding hydrogens is 222 g/mol. The number of hydrogen-bond donors (Lipinski definition) is 0. The third-order valence-electron chi connectivity index (χ3n) is 4.75. The zero-order valence-electron chi connectivity index (χ0n) is 12.5. The van der Waals surface area contributed by atoms with Gasteiger partial charge in [0.2, 0.25) is 0 Å². The quantitative estimate of drug-likeness (QED) is 0.740. The molecule has 1 saturated heterocycles. The molecule has 1 aliphatic heterocycles. The molecule has 0 bridgehead atoms. The van der Waals surface area contributed by atoms with Crippen LogP contribution in [-0.2, 0) is 4.74 Å². The Hall–Kier alpha value is -0.0800. The van der Waals surface area contributed by atoms with Gasteiger partial charge < -0.3 is 9.64 Å². The molecule has 0 aromatic rings. The third kappa shape index (κ3) is 4.24. The van der Waals surface area contributed by atoms with Crippen LogP contribution < -0.4 is 0 Å². The van der Waals surface area contributed by atoms with Gasteiger partial charge in [-0.2, -0.15) is 0 Å². The average Bonchev–Trinajstić information content (AvgIpc) is 2.76. The summed E-state index contributed by atoms with van der Waals surface area (Å²) in [6, 6.07) is 0. The van der Waals surface area contributed by atoms with E-state index in [1.165, 1.54) is 58.2 Å². The lowest BCUT2D eigenvalue weighted by Gasteiger charge is -2.30. The summed E-state index contributed by atoms with van der Waals surface area (Å²) in [6.07, 6.45) is 9.38. The molecule has 0 radical (unpaired) electrons. The first-order valence-electron chi connectivity index (χ1n) is 8.05. The van der Waals surface area contributed by atoms with Crippen LogP contribution in [-0.4, -0.2) is 36.7 Å². The minimum atomic E-state index is 0.384. The van der Waals surface area contributed by atoms with Crippen molar-refractivity contribution >= 4 is 0 Å². The Labute approximate surface area is 113 Å². The van der Waals surface area contributed by atoms with Crippen molar-refractivity contribution in [2.45, 2.75) is 71.5 Å². The van der Waals surface area contributed by atoms with E-state index >= 15 is 0 Å². The lowest BCUT2D eigenvalue weighted by atomic mass is 9.81. The van der Waals surface area contributed by atoms with Gasteiger partial charge in [-0.25, -0.2) is 0 Å². The number of rotatable bonds is 5. The number of likely N-dealkylation sites (tertiary alicyclic amines) is 1. The molecule has 0 unspecified atom stereocenters. The van der Waals surface area contributed by atoms with E-state index in [9.17, 15) is 0 Å². The molecule has 0 aromatic carbocycles. The highest BCUT2D eigenvalue weighted by atomic mass is 16.5. The predicted octanol–water partition coefficient (Wildman–Crippen LogP) is 3.70. The van der Waals surface area contributed by atoms with Gasteiger partial charge in [-0.1, -0.05) is 26.2 Å². The van der Waals surface area contributed by atoms with Gasteiger partial charge in [0.25, 0.3) is 0 Å². The molecule has 1 atom stereocenters. The van der Waals surface area contributed by atoms with E-state index in [1.54, 1.807) is 0 Å². The van der Waals surface area contributed by atoms with Gasteiger partial charge in [0, 0.05) is 19.6 Å². The summed E-state index contributed by atoms with van der Waals surface area (Å²) < 4.78 is 5.92. The predicted molar refractivity (Wildman–Crippen MR) is 76.8 cm³/mol. The van der Waals surface area contributed by atoms with Gasteiger partial charge in [0.15, 0.2) is 0 Å². The number of ether oxygens (including phenoxy) is 1. The maximum atomic E-state index is 5.92. The second-order valence-corrected chi connectivity index (χ2v) is 6.65. The highest BCUT2D eigenvalue weighted by Gasteiger charge is 2.27. The Bertz CT molecular complexity index is 233. The minimum absolute atomic E-state index is 0.384. The van der Waals surface area contributed by atoms with Crippen molar-refractivity contribution in [2.75, 3.05) is 19.6 Å². The van der Waals surface area contributed by atoms with Crippen molar-refractivity contribution in [3.8, 4) is 0 Å². The van der Waals surface area contributed by atoms with E-state index in [1.807, 2.05) is 0 Å². The molecule has 2 aliphatic rings. The molecule has 106 valence electrons. The molecule has 0 N–H and O–H groups in total. The SMILES string of the molecule is CCC1CCC(CN2CC[C@H](OC(C)C)C2)CC1. The molecule has 1 heterocycles. The Morgan fingerprint density at radius 2 is 1.72 bits per heavy atom. The molecule has 2 rings (SSSR count). The summed E-state index contributed by atoms with van der Waals surface area (Å²) in [5.41, 5.74) is 0. The van der Waals surface area contributed by atoms with Gasteiger partial charge in [-0.15, -0.1) is 0 Å². The van der Waals surface area contributed by atoms with Crippen LogP contribution in [0.25, 0.3) is 0 Å². The fourth-order valence-corrected chi connectivity index (χ4v) is 3.65. The average molecular weight is 253 g/mol. The number of hydrogen-bond acceptors (Lipinski definition) is 2. The van der Waals surface area contributed by atoms with E-state index in [-0.39, 0.29) is 0 Å². The van der Waals surface area contributed by atoms with E-state index in [0.717, 1.165) is 11.8 Å². The molecule has 2 nitrogen and oxygen atoms in total. The Kier molecular flexibility index (Phi) is 5.50. The molecule has 18 heavy (non-hydrogen) atoms. The molecule has 0 amide bonds. The normalized spacial score (nSPS) is 34.3. The topological polar surface area (TPSA) is 12.5 Å². The zero-order chi connectivity index (χ0) is 13.0. The van der Waals surface area contributed by atoms with Gasteiger partial charge in [-0.3, -0.25) is 0 Å². The van der Waals surface area contributed by atoms with Crippen molar-refractivity contribution in [2.24, 2.45) is 11.8 Å². The largest absolute Gasteiger partial charge is 0.374 e. The van der Waals surface area contributed by atoms with Gasteiger partial charge >= 0.3 is 0 Å².